The van der Waals surface area contributed by atoms with Crippen molar-refractivity contribution in [3.63, 3.8) is 0 Å². The van der Waals surface area contributed by atoms with Crippen molar-refractivity contribution in [1.29, 1.82) is 0 Å². The molecule has 0 aliphatic carbocycles. The van der Waals surface area contributed by atoms with Crippen LogP contribution in [0.25, 0.3) is 0 Å². The Labute approximate surface area is 308 Å². The Hall–Kier alpha value is -0.610. The van der Waals surface area contributed by atoms with Gasteiger partial charge in [-0.25, -0.2) is 0 Å². The first kappa shape index (κ1) is 48.4. The van der Waals surface area contributed by atoms with E-state index < -0.39 is 12.1 Å². The van der Waals surface area contributed by atoms with Crippen LogP contribution < -0.4 is 5.32 Å². The van der Waals surface area contributed by atoms with E-state index in [9.17, 15) is 15.0 Å². The third kappa shape index (κ3) is 38.5. The zero-order valence-electron chi connectivity index (χ0n) is 33.7. The van der Waals surface area contributed by atoms with Gasteiger partial charge in [0.2, 0.25) is 5.91 Å². The quantitative estimate of drug-likeness (QED) is 0.0557. The Morgan fingerprint density at radius 2 is 0.653 bits per heavy atom. The Morgan fingerprint density at radius 3 is 0.918 bits per heavy atom. The molecule has 1 amide bonds. The summed E-state index contributed by atoms with van der Waals surface area (Å²) in [7, 11) is 0. The molecule has 0 rings (SSSR count). The maximum absolute atomic E-state index is 12.4. The Balaban J connectivity index is 3.43. The van der Waals surface area contributed by atoms with E-state index in [1.54, 1.807) is 0 Å². The minimum Gasteiger partial charge on any atom is -0.394 e. The maximum atomic E-state index is 12.4. The number of rotatable bonds is 42. The fraction of sp³-hybridized carbons (Fsp3) is 0.978. The molecule has 2 atom stereocenters. The summed E-state index contributed by atoms with van der Waals surface area (Å²) in [6.07, 6.45) is 50.5. The van der Waals surface area contributed by atoms with E-state index >= 15 is 0 Å². The van der Waals surface area contributed by atoms with Crippen molar-refractivity contribution in [3.05, 3.63) is 0 Å². The smallest absolute Gasteiger partial charge is 0.220 e. The van der Waals surface area contributed by atoms with Gasteiger partial charge in [0.15, 0.2) is 0 Å². The van der Waals surface area contributed by atoms with E-state index in [1.165, 1.54) is 212 Å². The van der Waals surface area contributed by atoms with Gasteiger partial charge in [-0.05, 0) is 12.8 Å². The summed E-state index contributed by atoms with van der Waals surface area (Å²) in [6, 6.07) is -0.529. The van der Waals surface area contributed by atoms with Crippen LogP contribution in [-0.2, 0) is 4.79 Å². The predicted molar refractivity (Wildman–Crippen MR) is 216 cm³/mol. The van der Waals surface area contributed by atoms with E-state index in [0.29, 0.717) is 12.8 Å². The van der Waals surface area contributed by atoms with Gasteiger partial charge < -0.3 is 15.5 Å². The number of unbranched alkanes of at least 4 members (excludes halogenated alkanes) is 35. The number of carbonyl (C=O) groups excluding carboxylic acids is 1. The van der Waals surface area contributed by atoms with Crippen molar-refractivity contribution in [2.75, 3.05) is 6.61 Å². The minimum atomic E-state index is -0.652. The summed E-state index contributed by atoms with van der Waals surface area (Å²) >= 11 is 0. The molecule has 49 heavy (non-hydrogen) atoms. The molecule has 3 N–H and O–H groups in total. The molecule has 0 spiro atoms. The van der Waals surface area contributed by atoms with Gasteiger partial charge in [-0.3, -0.25) is 4.79 Å². The van der Waals surface area contributed by atoms with Crippen LogP contribution in [0.2, 0.25) is 0 Å². The molecule has 0 bridgehead atoms. The molecule has 294 valence electrons. The Kier molecular flexibility index (Phi) is 41.3. The molecule has 4 heteroatoms. The van der Waals surface area contributed by atoms with Crippen molar-refractivity contribution in [3.8, 4) is 0 Å². The van der Waals surface area contributed by atoms with Gasteiger partial charge in [0, 0.05) is 6.42 Å². The molecule has 0 fully saturated rings. The number of nitrogens with one attached hydrogen (secondary N) is 1. The van der Waals surface area contributed by atoms with Crippen molar-refractivity contribution < 1.29 is 15.0 Å². The monoisotopic (exact) mass is 694 g/mol. The standard InChI is InChI=1S/C45H91NO3/c1-3-5-7-9-11-13-15-17-18-19-20-21-22-23-24-25-26-27-29-30-32-34-36-38-40-44(48)43(42-47)46-45(49)41-39-37-35-33-31-28-16-14-12-10-8-6-4-2/h43-44,47-48H,3-42H2,1-2H3,(H,46,49). The molecule has 0 aliphatic heterocycles. The molecule has 4 nitrogen and oxygen atoms in total. The molecule has 0 aromatic carbocycles. The van der Waals surface area contributed by atoms with Gasteiger partial charge in [-0.15, -0.1) is 0 Å². The van der Waals surface area contributed by atoms with Gasteiger partial charge in [0.05, 0.1) is 18.8 Å². The van der Waals surface area contributed by atoms with Gasteiger partial charge in [0.25, 0.3) is 0 Å². The lowest BCUT2D eigenvalue weighted by atomic mass is 10.0. The highest BCUT2D eigenvalue weighted by Crippen LogP contribution is 2.17. The summed E-state index contributed by atoms with van der Waals surface area (Å²) in [6.45, 7) is 4.38. The summed E-state index contributed by atoms with van der Waals surface area (Å²) in [5.41, 5.74) is 0. The molecule has 2 unspecified atom stereocenters. The van der Waals surface area contributed by atoms with Crippen LogP contribution in [-0.4, -0.2) is 34.9 Å². The van der Waals surface area contributed by atoms with Crippen LogP contribution in [0.5, 0.6) is 0 Å². The number of aliphatic hydroxyl groups excluding tert-OH is 2. The first-order chi connectivity index (χ1) is 24.2. The first-order valence-corrected chi connectivity index (χ1v) is 22.7. The minimum absolute atomic E-state index is 0.0271. The third-order valence-corrected chi connectivity index (χ3v) is 10.9. The molecule has 0 aliphatic rings. The van der Waals surface area contributed by atoms with Crippen LogP contribution in [0, 0.1) is 0 Å². The van der Waals surface area contributed by atoms with Crippen LogP contribution in [0.1, 0.15) is 264 Å². The maximum Gasteiger partial charge on any atom is 0.220 e. The molecular formula is C45H91NO3. The SMILES string of the molecule is CCCCCCCCCCCCCCCCCCCCCCCCCCC(O)C(CO)NC(=O)CCCCCCCCCCCCCCC. The second kappa shape index (κ2) is 41.8. The highest BCUT2D eigenvalue weighted by atomic mass is 16.3. The Morgan fingerprint density at radius 1 is 0.408 bits per heavy atom. The van der Waals surface area contributed by atoms with Crippen molar-refractivity contribution in [2.24, 2.45) is 0 Å². The summed E-state index contributed by atoms with van der Waals surface area (Å²) < 4.78 is 0. The molecule has 0 aromatic heterocycles. The van der Waals surface area contributed by atoms with E-state index in [-0.39, 0.29) is 12.5 Å². The van der Waals surface area contributed by atoms with Gasteiger partial charge in [-0.1, -0.05) is 245 Å². The molecule has 0 aromatic rings. The first-order valence-electron chi connectivity index (χ1n) is 22.7. The fourth-order valence-corrected chi connectivity index (χ4v) is 7.36. The number of aliphatic hydroxyl groups is 2. The molecule has 0 heterocycles. The number of carbonyl (C=O) groups is 1. The fourth-order valence-electron chi connectivity index (χ4n) is 7.36. The average molecular weight is 694 g/mol. The van der Waals surface area contributed by atoms with Crippen molar-refractivity contribution in [2.45, 2.75) is 276 Å². The predicted octanol–water partition coefficient (Wildman–Crippen LogP) is 14.1. The molecular weight excluding hydrogens is 602 g/mol. The van der Waals surface area contributed by atoms with E-state index in [1.807, 2.05) is 0 Å². The lowest BCUT2D eigenvalue weighted by Crippen LogP contribution is -2.45. The summed E-state index contributed by atoms with van der Waals surface area (Å²) in [5, 5.41) is 23.2. The number of hydrogen-bond donors (Lipinski definition) is 3. The van der Waals surface area contributed by atoms with Crippen molar-refractivity contribution >= 4 is 5.91 Å². The van der Waals surface area contributed by atoms with Gasteiger partial charge in [-0.2, -0.15) is 0 Å². The largest absolute Gasteiger partial charge is 0.394 e. The second-order valence-corrected chi connectivity index (χ2v) is 15.8. The molecule has 0 radical (unpaired) electrons. The van der Waals surface area contributed by atoms with Gasteiger partial charge >= 0.3 is 0 Å². The van der Waals surface area contributed by atoms with Gasteiger partial charge in [0.1, 0.15) is 0 Å². The number of amides is 1. The van der Waals surface area contributed by atoms with Crippen LogP contribution in [0.4, 0.5) is 0 Å². The number of hydrogen-bond acceptors (Lipinski definition) is 3. The third-order valence-electron chi connectivity index (χ3n) is 10.9. The zero-order valence-corrected chi connectivity index (χ0v) is 33.7. The zero-order chi connectivity index (χ0) is 35.7. The summed E-state index contributed by atoms with van der Waals surface area (Å²) in [5.74, 6) is -0.0271. The highest BCUT2D eigenvalue weighted by molar-refractivity contribution is 5.76. The second-order valence-electron chi connectivity index (χ2n) is 15.8. The normalized spacial score (nSPS) is 12.8. The molecule has 0 saturated carbocycles. The lowest BCUT2D eigenvalue weighted by molar-refractivity contribution is -0.123. The van der Waals surface area contributed by atoms with Crippen LogP contribution in [0.3, 0.4) is 0 Å². The highest BCUT2D eigenvalue weighted by Gasteiger charge is 2.20. The summed E-state index contributed by atoms with van der Waals surface area (Å²) in [4.78, 5) is 12.4. The average Bonchev–Trinajstić information content (AvgIpc) is 3.10. The Bertz CT molecular complexity index is 626. The molecule has 0 saturated heterocycles. The van der Waals surface area contributed by atoms with Crippen LogP contribution >= 0.6 is 0 Å². The van der Waals surface area contributed by atoms with Crippen LogP contribution in [0.15, 0.2) is 0 Å². The van der Waals surface area contributed by atoms with E-state index in [4.69, 9.17) is 0 Å². The van der Waals surface area contributed by atoms with E-state index in [2.05, 4.69) is 19.2 Å². The topological polar surface area (TPSA) is 69.6 Å². The van der Waals surface area contributed by atoms with E-state index in [0.717, 1.165) is 25.7 Å². The van der Waals surface area contributed by atoms with Crippen molar-refractivity contribution in [1.82, 2.24) is 5.32 Å². The lowest BCUT2D eigenvalue weighted by Gasteiger charge is -2.22.